The number of ether oxygens (including phenoxy) is 3. The van der Waals surface area contributed by atoms with Gasteiger partial charge in [0.2, 0.25) is 11.7 Å². The lowest BCUT2D eigenvalue weighted by Crippen LogP contribution is -2.80. The van der Waals surface area contributed by atoms with Crippen molar-refractivity contribution in [3.63, 3.8) is 0 Å². The van der Waals surface area contributed by atoms with E-state index >= 15 is 0 Å². The highest BCUT2D eigenvalue weighted by Gasteiger charge is 2.66. The number of carboxylic acids is 2. The highest BCUT2D eigenvalue weighted by atomic mass is 32.2. The monoisotopic (exact) mass is 595 g/mol. The van der Waals surface area contributed by atoms with Crippen molar-refractivity contribution in [3.05, 3.63) is 40.8 Å². The van der Waals surface area contributed by atoms with Crippen molar-refractivity contribution in [1.82, 2.24) is 10.2 Å². The molecule has 222 valence electrons. The second kappa shape index (κ2) is 12.9. The van der Waals surface area contributed by atoms with E-state index < -0.39 is 64.9 Å². The Morgan fingerprint density at radius 1 is 1.22 bits per heavy atom. The number of rotatable bonds is 13. The summed E-state index contributed by atoms with van der Waals surface area (Å²) in [6.45, 7) is -0.498. The number of phenols is 2. The lowest BCUT2D eigenvalue weighted by molar-refractivity contribution is -0.192. The number of thioether (sulfide) groups is 1. The molecule has 2 aliphatic rings. The molecular formula is C25H29N3O12S. The average molecular weight is 596 g/mol. The van der Waals surface area contributed by atoms with Gasteiger partial charge in [-0.2, -0.15) is 0 Å². The van der Waals surface area contributed by atoms with Crippen LogP contribution in [0.3, 0.4) is 0 Å². The number of aromatic hydroxyl groups is 2. The van der Waals surface area contributed by atoms with Gasteiger partial charge in [-0.3, -0.25) is 19.3 Å². The highest BCUT2D eigenvalue weighted by Crippen LogP contribution is 2.46. The summed E-state index contributed by atoms with van der Waals surface area (Å²) in [5.74, 6) is -6.13. The number of hydrogen-bond donors (Lipinski definition) is 6. The van der Waals surface area contributed by atoms with Gasteiger partial charge in [-0.05, 0) is 36.6 Å². The Morgan fingerprint density at radius 2 is 1.93 bits per heavy atom. The van der Waals surface area contributed by atoms with Gasteiger partial charge in [0.25, 0.3) is 11.6 Å². The first-order valence-electron chi connectivity index (χ1n) is 12.1. The van der Waals surface area contributed by atoms with Crippen LogP contribution < -0.4 is 11.1 Å². The van der Waals surface area contributed by atoms with E-state index in [1.165, 1.54) is 38.5 Å². The molecule has 1 saturated heterocycles. The molecule has 0 spiro atoms. The van der Waals surface area contributed by atoms with E-state index in [1.807, 2.05) is 0 Å². The molecule has 0 saturated carbocycles. The predicted molar refractivity (Wildman–Crippen MR) is 141 cm³/mol. The summed E-state index contributed by atoms with van der Waals surface area (Å²) >= 11 is 1.08. The third-order valence-electron chi connectivity index (χ3n) is 6.29. The molecule has 0 aliphatic carbocycles. The molecule has 15 nitrogen and oxygen atoms in total. The first-order chi connectivity index (χ1) is 19.4. The number of methoxy groups -OCH3 is 2. The topological polar surface area (TPSA) is 235 Å². The Kier molecular flexibility index (Phi) is 9.85. The number of phenolic OH excluding ortho intramolecular Hbond substituents is 2. The number of carboxylic acid groups (broad SMARTS) is 2. The maximum atomic E-state index is 13.2. The van der Waals surface area contributed by atoms with Crippen LogP contribution in [0, 0.1) is 0 Å². The number of nitrogens with zero attached hydrogens (tertiary/aromatic N) is 1. The molecule has 41 heavy (non-hydrogen) atoms. The van der Waals surface area contributed by atoms with Gasteiger partial charge in [-0.15, -0.1) is 11.8 Å². The Hall–Kier alpha value is -4.28. The molecule has 1 aromatic rings. The second-order valence-electron chi connectivity index (χ2n) is 8.96. The molecule has 2 amide bonds. The minimum absolute atomic E-state index is 0.00959. The third-order valence-corrected chi connectivity index (χ3v) is 7.67. The normalized spacial score (nSPS) is 21.0. The number of β-lactam (4-membered cyclic amide) rings is 1. The minimum atomic E-state index is -1.85. The number of esters is 1. The van der Waals surface area contributed by atoms with Crippen LogP contribution in [-0.2, 0) is 38.2 Å². The number of fused-ring (bicyclic) bond motifs is 1. The maximum absolute atomic E-state index is 13.2. The number of benzene rings is 1. The zero-order chi connectivity index (χ0) is 30.5. The quantitative estimate of drug-likeness (QED) is 0.0437. The molecule has 3 rings (SSSR count). The Balaban J connectivity index is 1.71. The molecule has 2 aliphatic heterocycles. The van der Waals surface area contributed by atoms with Crippen molar-refractivity contribution in [2.75, 3.05) is 26.6 Å². The van der Waals surface area contributed by atoms with E-state index in [2.05, 4.69) is 5.32 Å². The first kappa shape index (κ1) is 31.3. The molecule has 1 unspecified atom stereocenters. The summed E-state index contributed by atoms with van der Waals surface area (Å²) in [6, 6.07) is 2.67. The molecule has 0 bridgehead atoms. The van der Waals surface area contributed by atoms with Gasteiger partial charge in [0.05, 0.1) is 7.11 Å². The van der Waals surface area contributed by atoms with Crippen molar-refractivity contribution in [2.24, 2.45) is 5.73 Å². The minimum Gasteiger partial charge on any atom is -0.504 e. The number of aliphatic carboxylic acids is 2. The van der Waals surface area contributed by atoms with Gasteiger partial charge >= 0.3 is 17.9 Å². The molecule has 16 heteroatoms. The Bertz CT molecular complexity index is 1310. The predicted octanol–water partition coefficient (Wildman–Crippen LogP) is -0.0768. The van der Waals surface area contributed by atoms with Gasteiger partial charge in [0.1, 0.15) is 23.7 Å². The third kappa shape index (κ3) is 6.55. The zero-order valence-corrected chi connectivity index (χ0v) is 22.8. The number of nitrogens with one attached hydrogen (secondary N) is 1. The fourth-order valence-corrected chi connectivity index (χ4v) is 5.56. The van der Waals surface area contributed by atoms with Crippen LogP contribution in [0.5, 0.6) is 11.5 Å². The highest BCUT2D eigenvalue weighted by molar-refractivity contribution is 8.00. The standard InChI is InChI=1S/C25H29N3O12S/c1-38-17(9-12-6-7-15(29)16(30)8-12)22(36)40-10-13-11-41-24-25(39-2,23(37)28(24)19(13)21(34)35)27-18(31)5-3-4-14(26)20(32)33/h6-9,14,24,29-30H,3-5,10-11,26H2,1-2H3,(H,27,31)(H,32,33)(H,34,35)/b17-9-/t14?,24-,25+/m1/s1. The van der Waals surface area contributed by atoms with Gasteiger partial charge in [-0.25, -0.2) is 9.59 Å². The van der Waals surface area contributed by atoms with E-state index in [-0.39, 0.29) is 42.1 Å². The summed E-state index contributed by atoms with van der Waals surface area (Å²) in [7, 11) is 2.39. The van der Waals surface area contributed by atoms with Gasteiger partial charge < -0.3 is 45.7 Å². The van der Waals surface area contributed by atoms with E-state index in [9.17, 15) is 39.3 Å². The van der Waals surface area contributed by atoms with Crippen LogP contribution in [0.2, 0.25) is 0 Å². The smallest absolute Gasteiger partial charge is 0.373 e. The maximum Gasteiger partial charge on any atom is 0.373 e. The first-order valence-corrected chi connectivity index (χ1v) is 13.1. The summed E-state index contributed by atoms with van der Waals surface area (Å²) in [6.07, 6.45) is 1.27. The van der Waals surface area contributed by atoms with Crippen molar-refractivity contribution in [2.45, 2.75) is 36.4 Å². The molecular weight excluding hydrogens is 566 g/mol. The van der Waals surface area contributed by atoms with E-state index in [0.29, 0.717) is 5.56 Å². The largest absolute Gasteiger partial charge is 0.504 e. The molecule has 1 aromatic carbocycles. The molecule has 0 aromatic heterocycles. The Labute approximate surface area is 237 Å². The number of nitrogens with two attached hydrogens (primary N) is 1. The summed E-state index contributed by atoms with van der Waals surface area (Å²) in [5, 5.41) is 39.4. The average Bonchev–Trinajstić information content (AvgIpc) is 2.94. The summed E-state index contributed by atoms with van der Waals surface area (Å²) < 4.78 is 15.6. The van der Waals surface area contributed by atoms with Crippen LogP contribution in [0.1, 0.15) is 24.8 Å². The SMILES string of the molecule is CO/C(=C\c1ccc(O)c(O)c1)C(=O)OCC1=C(C(=O)O)N2C(=O)[C@](NC(=O)CCCC(N)C(=O)O)(OC)[C@H]2SC1. The van der Waals surface area contributed by atoms with Crippen LogP contribution in [0.15, 0.2) is 35.2 Å². The molecule has 7 N–H and O–H groups in total. The number of amides is 2. The molecule has 3 atom stereocenters. The van der Waals surface area contributed by atoms with Gasteiger partial charge in [0, 0.05) is 24.9 Å². The molecule has 1 fully saturated rings. The van der Waals surface area contributed by atoms with Crippen LogP contribution in [-0.4, -0.2) is 98.8 Å². The van der Waals surface area contributed by atoms with E-state index in [1.54, 1.807) is 0 Å². The summed E-state index contributed by atoms with van der Waals surface area (Å²) in [4.78, 5) is 62.2. The number of carbonyl (C=O) groups is 5. The van der Waals surface area contributed by atoms with E-state index in [0.717, 1.165) is 16.7 Å². The van der Waals surface area contributed by atoms with E-state index in [4.69, 9.17) is 25.1 Å². The lowest BCUT2D eigenvalue weighted by atomic mass is 9.97. The molecule has 2 heterocycles. The fourth-order valence-electron chi connectivity index (χ4n) is 4.14. The Morgan fingerprint density at radius 3 is 2.51 bits per heavy atom. The van der Waals surface area contributed by atoms with Crippen LogP contribution in [0.4, 0.5) is 0 Å². The lowest BCUT2D eigenvalue weighted by Gasteiger charge is -2.55. The number of hydrogen-bond acceptors (Lipinski definition) is 12. The van der Waals surface area contributed by atoms with Crippen molar-refractivity contribution in [3.8, 4) is 11.5 Å². The second-order valence-corrected chi connectivity index (χ2v) is 10.0. The fraction of sp³-hybridized carbons (Fsp3) is 0.400. The molecule has 0 radical (unpaired) electrons. The van der Waals surface area contributed by atoms with Crippen molar-refractivity contribution < 1.29 is 58.6 Å². The van der Waals surface area contributed by atoms with Crippen molar-refractivity contribution >= 4 is 47.6 Å². The number of carbonyl (C=O) groups excluding carboxylic acids is 3. The van der Waals surface area contributed by atoms with Crippen LogP contribution in [0.25, 0.3) is 6.08 Å². The van der Waals surface area contributed by atoms with Crippen molar-refractivity contribution in [1.29, 1.82) is 0 Å². The van der Waals surface area contributed by atoms with Crippen LogP contribution >= 0.6 is 11.8 Å². The van der Waals surface area contributed by atoms with Gasteiger partial charge in [-0.1, -0.05) is 6.07 Å². The zero-order valence-electron chi connectivity index (χ0n) is 22.0. The summed E-state index contributed by atoms with van der Waals surface area (Å²) in [5.41, 5.74) is 3.58. The van der Waals surface area contributed by atoms with Gasteiger partial charge in [0.15, 0.2) is 11.5 Å².